The number of amides is 4. The minimum absolute atomic E-state index is 0.0561. The number of hydrogen-bond acceptors (Lipinski definition) is 5. The van der Waals surface area contributed by atoms with E-state index in [1.165, 1.54) is 0 Å². The summed E-state index contributed by atoms with van der Waals surface area (Å²) in [6.45, 7) is 5.08. The summed E-state index contributed by atoms with van der Waals surface area (Å²) in [5.41, 5.74) is 2.68. The number of rotatable bonds is 5. The molecule has 1 unspecified atom stereocenters. The molecule has 0 saturated carbocycles. The third-order valence-electron chi connectivity index (χ3n) is 5.33. The second-order valence-corrected chi connectivity index (χ2v) is 8.59. The standard InChI is InChI=1S/C22H26BrN5O3/c1-14-5-3-7-18(15(14)2)25-22(31)27-20(29)13-28-10-4-6-16(12-28)21(30)26-19-9-8-17(23)11-24-19/h3,5,7-9,11,16H,4,6,10,12-13H2,1-2H3,(H,24,26,30)(H2,25,27,29,31). The molecule has 0 spiro atoms. The van der Waals surface area contributed by atoms with Crippen LogP contribution in [-0.2, 0) is 9.59 Å². The fourth-order valence-corrected chi connectivity index (χ4v) is 3.74. The predicted molar refractivity (Wildman–Crippen MR) is 123 cm³/mol. The van der Waals surface area contributed by atoms with Crippen molar-refractivity contribution in [1.29, 1.82) is 0 Å². The minimum atomic E-state index is -0.564. The average molecular weight is 488 g/mol. The summed E-state index contributed by atoms with van der Waals surface area (Å²) in [7, 11) is 0. The SMILES string of the molecule is Cc1cccc(NC(=O)NC(=O)CN2CCCC(C(=O)Nc3ccc(Br)cn3)C2)c1C. The van der Waals surface area contributed by atoms with Gasteiger partial charge in [-0.05, 0) is 78.5 Å². The van der Waals surface area contributed by atoms with Crippen molar-refractivity contribution in [2.75, 3.05) is 30.3 Å². The largest absolute Gasteiger partial charge is 0.325 e. The lowest BCUT2D eigenvalue weighted by Gasteiger charge is -2.31. The number of anilines is 2. The number of benzene rings is 1. The molecule has 8 nitrogen and oxygen atoms in total. The third kappa shape index (κ3) is 6.60. The van der Waals surface area contributed by atoms with Crippen LogP contribution in [0.5, 0.6) is 0 Å². The van der Waals surface area contributed by atoms with Gasteiger partial charge in [0, 0.05) is 22.9 Å². The molecule has 1 fully saturated rings. The van der Waals surface area contributed by atoms with Crippen LogP contribution in [0.25, 0.3) is 0 Å². The van der Waals surface area contributed by atoms with Crippen molar-refractivity contribution in [2.24, 2.45) is 5.92 Å². The Hall–Kier alpha value is -2.78. The van der Waals surface area contributed by atoms with E-state index in [2.05, 4.69) is 36.9 Å². The predicted octanol–water partition coefficient (Wildman–Crippen LogP) is 3.46. The summed E-state index contributed by atoms with van der Waals surface area (Å²) < 4.78 is 0.835. The Bertz CT molecular complexity index is 964. The summed E-state index contributed by atoms with van der Waals surface area (Å²) in [6, 6.07) is 8.57. The summed E-state index contributed by atoms with van der Waals surface area (Å²) in [6.07, 6.45) is 3.16. The average Bonchev–Trinajstić information content (AvgIpc) is 2.73. The maximum absolute atomic E-state index is 12.6. The maximum atomic E-state index is 12.6. The molecule has 3 N–H and O–H groups in total. The lowest BCUT2D eigenvalue weighted by atomic mass is 9.97. The van der Waals surface area contributed by atoms with E-state index >= 15 is 0 Å². The van der Waals surface area contributed by atoms with E-state index in [9.17, 15) is 14.4 Å². The summed E-state index contributed by atoms with van der Waals surface area (Å²) in [5.74, 6) is -0.270. The zero-order valence-corrected chi connectivity index (χ0v) is 19.2. The van der Waals surface area contributed by atoms with Gasteiger partial charge < -0.3 is 10.6 Å². The van der Waals surface area contributed by atoms with Gasteiger partial charge in [0.15, 0.2) is 0 Å². The number of carbonyl (C=O) groups is 3. The number of urea groups is 1. The highest BCUT2D eigenvalue weighted by atomic mass is 79.9. The van der Waals surface area contributed by atoms with Crippen LogP contribution in [0.2, 0.25) is 0 Å². The second-order valence-electron chi connectivity index (χ2n) is 7.67. The highest BCUT2D eigenvalue weighted by Crippen LogP contribution is 2.19. The first-order valence-corrected chi connectivity index (χ1v) is 10.9. The lowest BCUT2D eigenvalue weighted by Crippen LogP contribution is -2.47. The van der Waals surface area contributed by atoms with Gasteiger partial charge in [-0.1, -0.05) is 12.1 Å². The van der Waals surface area contributed by atoms with E-state index in [0.717, 1.165) is 28.4 Å². The number of piperidine rings is 1. The molecule has 1 aliphatic rings. The van der Waals surface area contributed by atoms with Gasteiger partial charge in [0.1, 0.15) is 5.82 Å². The van der Waals surface area contributed by atoms with E-state index in [-0.39, 0.29) is 18.4 Å². The summed E-state index contributed by atoms with van der Waals surface area (Å²) in [4.78, 5) is 43.1. The lowest BCUT2D eigenvalue weighted by molar-refractivity contribution is -0.125. The number of nitrogens with zero attached hydrogens (tertiary/aromatic N) is 2. The molecule has 3 rings (SSSR count). The Morgan fingerprint density at radius 1 is 1.16 bits per heavy atom. The van der Waals surface area contributed by atoms with Crippen molar-refractivity contribution in [3.8, 4) is 0 Å². The monoisotopic (exact) mass is 487 g/mol. The number of aryl methyl sites for hydroxylation is 1. The molecule has 164 valence electrons. The highest BCUT2D eigenvalue weighted by Gasteiger charge is 2.27. The zero-order chi connectivity index (χ0) is 22.4. The molecular formula is C22H26BrN5O3. The zero-order valence-electron chi connectivity index (χ0n) is 17.6. The third-order valence-corrected chi connectivity index (χ3v) is 5.80. The first kappa shape index (κ1) is 22.9. The maximum Gasteiger partial charge on any atom is 0.325 e. The molecule has 2 aromatic rings. The molecular weight excluding hydrogens is 462 g/mol. The second kappa shape index (κ2) is 10.5. The summed E-state index contributed by atoms with van der Waals surface area (Å²) >= 11 is 3.31. The van der Waals surface area contributed by atoms with Gasteiger partial charge in [-0.2, -0.15) is 0 Å². The van der Waals surface area contributed by atoms with Gasteiger partial charge in [-0.15, -0.1) is 0 Å². The van der Waals surface area contributed by atoms with E-state index in [1.54, 1.807) is 18.3 Å². The number of pyridine rings is 1. The normalized spacial score (nSPS) is 16.4. The molecule has 0 bridgehead atoms. The molecule has 1 aromatic carbocycles. The molecule has 2 heterocycles. The molecule has 1 atom stereocenters. The fraction of sp³-hybridized carbons (Fsp3) is 0.364. The number of aromatic nitrogens is 1. The van der Waals surface area contributed by atoms with E-state index in [0.29, 0.717) is 24.6 Å². The van der Waals surface area contributed by atoms with Crippen LogP contribution < -0.4 is 16.0 Å². The molecule has 0 radical (unpaired) electrons. The Labute approximate surface area is 189 Å². The van der Waals surface area contributed by atoms with Crippen molar-refractivity contribution >= 4 is 45.3 Å². The van der Waals surface area contributed by atoms with Crippen LogP contribution in [0.1, 0.15) is 24.0 Å². The van der Waals surface area contributed by atoms with Gasteiger partial charge in [0.2, 0.25) is 11.8 Å². The first-order valence-electron chi connectivity index (χ1n) is 10.1. The topological polar surface area (TPSA) is 103 Å². The Morgan fingerprint density at radius 2 is 1.97 bits per heavy atom. The smallest absolute Gasteiger partial charge is 0.310 e. The van der Waals surface area contributed by atoms with Crippen LogP contribution in [0.3, 0.4) is 0 Å². The Morgan fingerprint density at radius 3 is 2.71 bits per heavy atom. The first-order chi connectivity index (χ1) is 14.8. The molecule has 1 aliphatic heterocycles. The number of hydrogen-bond donors (Lipinski definition) is 3. The highest BCUT2D eigenvalue weighted by molar-refractivity contribution is 9.10. The minimum Gasteiger partial charge on any atom is -0.310 e. The molecule has 1 saturated heterocycles. The van der Waals surface area contributed by atoms with E-state index < -0.39 is 11.9 Å². The van der Waals surface area contributed by atoms with Gasteiger partial charge in [0.05, 0.1) is 12.5 Å². The fourth-order valence-electron chi connectivity index (χ4n) is 3.50. The summed E-state index contributed by atoms with van der Waals surface area (Å²) in [5, 5.41) is 7.90. The molecule has 31 heavy (non-hydrogen) atoms. The molecule has 4 amide bonds. The van der Waals surface area contributed by atoms with Crippen LogP contribution >= 0.6 is 15.9 Å². The van der Waals surface area contributed by atoms with Crippen molar-refractivity contribution in [3.63, 3.8) is 0 Å². The number of likely N-dealkylation sites (tertiary alicyclic amines) is 1. The number of halogens is 1. The Kier molecular flexibility index (Phi) is 7.75. The number of carbonyl (C=O) groups excluding carboxylic acids is 3. The van der Waals surface area contributed by atoms with Crippen molar-refractivity contribution in [1.82, 2.24) is 15.2 Å². The molecule has 9 heteroatoms. The molecule has 1 aromatic heterocycles. The van der Waals surface area contributed by atoms with Crippen LogP contribution in [0.15, 0.2) is 41.0 Å². The van der Waals surface area contributed by atoms with Crippen molar-refractivity contribution < 1.29 is 14.4 Å². The van der Waals surface area contributed by atoms with Gasteiger partial charge in [0.25, 0.3) is 0 Å². The number of imide groups is 1. The Balaban J connectivity index is 1.48. The van der Waals surface area contributed by atoms with Gasteiger partial charge in [-0.25, -0.2) is 9.78 Å². The van der Waals surface area contributed by atoms with Gasteiger partial charge in [-0.3, -0.25) is 19.8 Å². The van der Waals surface area contributed by atoms with Crippen LogP contribution in [0, 0.1) is 19.8 Å². The van der Waals surface area contributed by atoms with Crippen LogP contribution in [-0.4, -0.2) is 47.4 Å². The van der Waals surface area contributed by atoms with E-state index in [1.807, 2.05) is 36.9 Å². The van der Waals surface area contributed by atoms with Crippen LogP contribution in [0.4, 0.5) is 16.3 Å². The number of nitrogens with one attached hydrogen (secondary N) is 3. The van der Waals surface area contributed by atoms with Crippen molar-refractivity contribution in [3.05, 3.63) is 52.1 Å². The van der Waals surface area contributed by atoms with Crippen molar-refractivity contribution in [2.45, 2.75) is 26.7 Å². The molecule has 0 aliphatic carbocycles. The quantitative estimate of drug-likeness (QED) is 0.598. The van der Waals surface area contributed by atoms with E-state index in [4.69, 9.17) is 0 Å². The van der Waals surface area contributed by atoms with Gasteiger partial charge >= 0.3 is 6.03 Å².